The fraction of sp³-hybridized carbons (Fsp3) is 0.833. The smallest absolute Gasteiger partial charge is 0.303 e. The van der Waals surface area contributed by atoms with Gasteiger partial charge >= 0.3 is 5.97 Å². The average molecular weight is 243 g/mol. The zero-order chi connectivity index (χ0) is 12.7. The van der Waals surface area contributed by atoms with Gasteiger partial charge in [-0.25, -0.2) is 0 Å². The van der Waals surface area contributed by atoms with Crippen molar-refractivity contribution >= 4 is 11.9 Å². The number of carbonyl (C=O) groups excluding carboxylic acids is 1. The largest absolute Gasteiger partial charge is 0.481 e. The Hall–Kier alpha value is -1.10. The van der Waals surface area contributed by atoms with Gasteiger partial charge in [-0.15, -0.1) is 0 Å². The number of amides is 1. The number of carboxylic acids is 1. The highest BCUT2D eigenvalue weighted by Gasteiger charge is 2.19. The summed E-state index contributed by atoms with van der Waals surface area (Å²) >= 11 is 0. The molecule has 1 amide bonds. The van der Waals surface area contributed by atoms with Crippen molar-refractivity contribution in [1.29, 1.82) is 0 Å². The predicted molar refractivity (Wildman–Crippen MR) is 62.7 cm³/mol. The normalized spacial score (nSPS) is 21.1. The standard InChI is InChI=1S/C12H21NO4/c1-9(4-2-6-12(15)16)13-11(14)8-10-5-3-7-17-10/h9-10H,2-8H2,1H3,(H,13,14)(H,15,16). The van der Waals surface area contributed by atoms with E-state index < -0.39 is 5.97 Å². The molecule has 0 radical (unpaired) electrons. The van der Waals surface area contributed by atoms with Crippen molar-refractivity contribution in [2.45, 2.75) is 57.6 Å². The van der Waals surface area contributed by atoms with Gasteiger partial charge in [-0.3, -0.25) is 9.59 Å². The first kappa shape index (κ1) is 14.0. The van der Waals surface area contributed by atoms with Gasteiger partial charge in [0.1, 0.15) is 0 Å². The van der Waals surface area contributed by atoms with Gasteiger partial charge in [0.15, 0.2) is 0 Å². The molecule has 0 aromatic heterocycles. The van der Waals surface area contributed by atoms with E-state index in [9.17, 15) is 9.59 Å². The fourth-order valence-corrected chi connectivity index (χ4v) is 1.98. The van der Waals surface area contributed by atoms with E-state index in [1.807, 2.05) is 6.92 Å². The molecule has 17 heavy (non-hydrogen) atoms. The van der Waals surface area contributed by atoms with Crippen molar-refractivity contribution < 1.29 is 19.4 Å². The van der Waals surface area contributed by atoms with Gasteiger partial charge in [-0.05, 0) is 32.6 Å². The van der Waals surface area contributed by atoms with Crippen molar-refractivity contribution in [2.24, 2.45) is 0 Å². The maximum atomic E-state index is 11.6. The number of aliphatic carboxylic acids is 1. The summed E-state index contributed by atoms with van der Waals surface area (Å²) in [5, 5.41) is 11.4. The van der Waals surface area contributed by atoms with Gasteiger partial charge < -0.3 is 15.2 Å². The molecule has 1 saturated heterocycles. The van der Waals surface area contributed by atoms with Crippen LogP contribution in [0.25, 0.3) is 0 Å². The summed E-state index contributed by atoms with van der Waals surface area (Å²) in [5.74, 6) is -0.789. The second kappa shape index (κ2) is 7.27. The van der Waals surface area contributed by atoms with Crippen LogP contribution in [0.3, 0.4) is 0 Å². The molecular weight excluding hydrogens is 222 g/mol. The van der Waals surface area contributed by atoms with E-state index in [1.165, 1.54) is 0 Å². The minimum atomic E-state index is -0.789. The molecule has 1 heterocycles. The van der Waals surface area contributed by atoms with E-state index in [0.29, 0.717) is 19.3 Å². The molecule has 0 aromatic carbocycles. The molecule has 2 N–H and O–H groups in total. The topological polar surface area (TPSA) is 75.6 Å². The number of rotatable bonds is 7. The highest BCUT2D eigenvalue weighted by atomic mass is 16.5. The summed E-state index contributed by atoms with van der Waals surface area (Å²) in [7, 11) is 0. The maximum absolute atomic E-state index is 11.6. The van der Waals surface area contributed by atoms with Crippen molar-refractivity contribution in [2.75, 3.05) is 6.61 Å². The van der Waals surface area contributed by atoms with Crippen LogP contribution in [-0.2, 0) is 14.3 Å². The van der Waals surface area contributed by atoms with Crippen molar-refractivity contribution in [3.05, 3.63) is 0 Å². The molecule has 2 unspecified atom stereocenters. The number of hydrogen-bond acceptors (Lipinski definition) is 3. The van der Waals surface area contributed by atoms with Gasteiger partial charge in [0.25, 0.3) is 0 Å². The number of hydrogen-bond donors (Lipinski definition) is 2. The first-order valence-electron chi connectivity index (χ1n) is 6.20. The highest BCUT2D eigenvalue weighted by Crippen LogP contribution is 2.15. The second-order valence-electron chi connectivity index (χ2n) is 4.59. The second-order valence-corrected chi connectivity index (χ2v) is 4.59. The molecular formula is C12H21NO4. The quantitative estimate of drug-likeness (QED) is 0.707. The SMILES string of the molecule is CC(CCCC(=O)O)NC(=O)CC1CCCO1. The van der Waals surface area contributed by atoms with Gasteiger partial charge in [-0.1, -0.05) is 0 Å². The first-order valence-corrected chi connectivity index (χ1v) is 6.20. The molecule has 0 saturated carbocycles. The molecule has 0 aliphatic carbocycles. The number of carboxylic acid groups (broad SMARTS) is 1. The van der Waals surface area contributed by atoms with E-state index in [0.717, 1.165) is 19.4 Å². The number of ether oxygens (including phenoxy) is 1. The van der Waals surface area contributed by atoms with Gasteiger partial charge in [0.2, 0.25) is 5.91 Å². The lowest BCUT2D eigenvalue weighted by atomic mass is 10.1. The van der Waals surface area contributed by atoms with Crippen LogP contribution >= 0.6 is 0 Å². The number of carbonyl (C=O) groups is 2. The third kappa shape index (κ3) is 6.26. The van der Waals surface area contributed by atoms with Crippen molar-refractivity contribution in [3.63, 3.8) is 0 Å². The van der Waals surface area contributed by atoms with E-state index >= 15 is 0 Å². The molecule has 1 fully saturated rings. The molecule has 1 aliphatic heterocycles. The Kier molecular flexibility index (Phi) is 5.97. The third-order valence-electron chi connectivity index (χ3n) is 2.87. The molecule has 5 heteroatoms. The first-order chi connectivity index (χ1) is 8.08. The lowest BCUT2D eigenvalue weighted by Crippen LogP contribution is -2.34. The maximum Gasteiger partial charge on any atom is 0.303 e. The number of nitrogens with one attached hydrogen (secondary N) is 1. The van der Waals surface area contributed by atoms with Crippen LogP contribution < -0.4 is 5.32 Å². The molecule has 1 rings (SSSR count). The Morgan fingerprint density at radius 3 is 2.88 bits per heavy atom. The van der Waals surface area contributed by atoms with Gasteiger partial charge in [0.05, 0.1) is 12.5 Å². The van der Waals surface area contributed by atoms with Gasteiger partial charge in [0, 0.05) is 19.1 Å². The summed E-state index contributed by atoms with van der Waals surface area (Å²) in [6.07, 6.45) is 3.93. The molecule has 0 spiro atoms. The Bertz CT molecular complexity index is 261. The predicted octanol–water partition coefficient (Wildman–Crippen LogP) is 1.32. The Balaban J connectivity index is 2.09. The van der Waals surface area contributed by atoms with Crippen LogP contribution in [-0.4, -0.2) is 35.7 Å². The monoisotopic (exact) mass is 243 g/mol. The molecule has 0 bridgehead atoms. The summed E-state index contributed by atoms with van der Waals surface area (Å²) in [6.45, 7) is 2.65. The molecule has 98 valence electrons. The van der Waals surface area contributed by atoms with Crippen LogP contribution in [0.1, 0.15) is 45.4 Å². The van der Waals surface area contributed by atoms with Crippen LogP contribution in [0.5, 0.6) is 0 Å². The van der Waals surface area contributed by atoms with E-state index in [4.69, 9.17) is 9.84 Å². The Morgan fingerprint density at radius 1 is 1.53 bits per heavy atom. The summed E-state index contributed by atoms with van der Waals surface area (Å²) in [4.78, 5) is 21.9. The lowest BCUT2D eigenvalue weighted by molar-refractivity contribution is -0.137. The minimum absolute atomic E-state index is 0.000255. The molecule has 5 nitrogen and oxygen atoms in total. The Morgan fingerprint density at radius 2 is 2.29 bits per heavy atom. The minimum Gasteiger partial charge on any atom is -0.481 e. The van der Waals surface area contributed by atoms with E-state index in [-0.39, 0.29) is 24.5 Å². The van der Waals surface area contributed by atoms with Crippen molar-refractivity contribution in [3.8, 4) is 0 Å². The van der Waals surface area contributed by atoms with E-state index in [1.54, 1.807) is 0 Å². The van der Waals surface area contributed by atoms with Gasteiger partial charge in [-0.2, -0.15) is 0 Å². The van der Waals surface area contributed by atoms with Crippen molar-refractivity contribution in [1.82, 2.24) is 5.32 Å². The lowest BCUT2D eigenvalue weighted by Gasteiger charge is -2.15. The molecule has 2 atom stereocenters. The summed E-state index contributed by atoms with van der Waals surface area (Å²) in [5.41, 5.74) is 0. The third-order valence-corrected chi connectivity index (χ3v) is 2.87. The summed E-state index contributed by atoms with van der Waals surface area (Å²) in [6, 6.07) is 0.0308. The highest BCUT2D eigenvalue weighted by molar-refractivity contribution is 5.76. The fourth-order valence-electron chi connectivity index (χ4n) is 1.98. The van der Waals surface area contributed by atoms with Crippen LogP contribution in [0.15, 0.2) is 0 Å². The van der Waals surface area contributed by atoms with E-state index in [2.05, 4.69) is 5.32 Å². The molecule has 0 aromatic rings. The van der Waals surface area contributed by atoms with Crippen LogP contribution in [0, 0.1) is 0 Å². The van der Waals surface area contributed by atoms with Crippen LogP contribution in [0.2, 0.25) is 0 Å². The summed E-state index contributed by atoms with van der Waals surface area (Å²) < 4.78 is 5.38. The van der Waals surface area contributed by atoms with Crippen LogP contribution in [0.4, 0.5) is 0 Å². The molecule has 1 aliphatic rings. The zero-order valence-electron chi connectivity index (χ0n) is 10.3. The Labute approximate surface area is 102 Å². The average Bonchev–Trinajstić information content (AvgIpc) is 2.69. The zero-order valence-corrected chi connectivity index (χ0v) is 10.3.